The van der Waals surface area contributed by atoms with Crippen LogP contribution >= 0.6 is 0 Å². The Kier molecular flexibility index (Phi) is 10.7. The fourth-order valence-corrected chi connectivity index (χ4v) is 5.30. The number of rotatable bonds is 17. The molecular formula is C34H44N14. The van der Waals surface area contributed by atoms with Crippen LogP contribution in [0, 0.1) is 0 Å². The predicted octanol–water partition coefficient (Wildman–Crippen LogP) is 6.38. The highest BCUT2D eigenvalue weighted by Gasteiger charge is 2.18. The van der Waals surface area contributed by atoms with Gasteiger partial charge in [0.25, 0.3) is 0 Å². The van der Waals surface area contributed by atoms with Gasteiger partial charge in [0, 0.05) is 26.2 Å². The summed E-state index contributed by atoms with van der Waals surface area (Å²) in [5, 5.41) is 35.5. The van der Waals surface area contributed by atoms with E-state index >= 15 is 0 Å². The molecule has 0 aliphatic heterocycles. The van der Waals surface area contributed by atoms with Crippen molar-refractivity contribution in [2.24, 2.45) is 0 Å². The zero-order chi connectivity index (χ0) is 33.3. The van der Waals surface area contributed by atoms with Crippen molar-refractivity contribution in [2.45, 2.75) is 105 Å². The summed E-state index contributed by atoms with van der Waals surface area (Å²) < 4.78 is 7.50. The minimum atomic E-state index is 0.694. The fraction of sp³-hybridized carbons (Fsp3) is 0.471. The third-order valence-electron chi connectivity index (χ3n) is 8.15. The lowest BCUT2D eigenvalue weighted by atomic mass is 10.0. The maximum absolute atomic E-state index is 5.01. The van der Waals surface area contributed by atoms with Crippen molar-refractivity contribution in [3.8, 4) is 56.7 Å². The van der Waals surface area contributed by atoms with Crippen LogP contribution in [-0.2, 0) is 26.2 Å². The summed E-state index contributed by atoms with van der Waals surface area (Å²) in [7, 11) is 0. The van der Waals surface area contributed by atoms with Crippen molar-refractivity contribution in [3.05, 3.63) is 49.1 Å². The molecule has 0 saturated heterocycles. The third-order valence-corrected chi connectivity index (χ3v) is 8.15. The molecule has 6 aromatic heterocycles. The molecule has 250 valence electrons. The summed E-state index contributed by atoms with van der Waals surface area (Å²) in [6, 6.07) is 8.16. The van der Waals surface area contributed by atoms with Gasteiger partial charge in [0.1, 0.15) is 22.8 Å². The molecule has 6 aromatic rings. The van der Waals surface area contributed by atoms with Gasteiger partial charge in [-0.15, -0.1) is 20.4 Å². The monoisotopic (exact) mass is 648 g/mol. The van der Waals surface area contributed by atoms with Crippen LogP contribution in [0.4, 0.5) is 0 Å². The van der Waals surface area contributed by atoms with Crippen LogP contribution in [0.5, 0.6) is 0 Å². The molecule has 0 unspecified atom stereocenters. The maximum atomic E-state index is 5.01. The molecule has 14 heteroatoms. The Morgan fingerprint density at radius 1 is 0.375 bits per heavy atom. The normalized spacial score (nSPS) is 11.5. The van der Waals surface area contributed by atoms with Crippen LogP contribution in [0.1, 0.15) is 79.1 Å². The first-order valence-corrected chi connectivity index (χ1v) is 17.2. The van der Waals surface area contributed by atoms with Crippen LogP contribution in [0.25, 0.3) is 56.7 Å². The van der Waals surface area contributed by atoms with Crippen LogP contribution in [-0.4, -0.2) is 69.9 Å². The largest absolute Gasteiger partial charge is 0.252 e. The molecule has 0 aliphatic rings. The van der Waals surface area contributed by atoms with E-state index in [0.29, 0.717) is 45.6 Å². The summed E-state index contributed by atoms with van der Waals surface area (Å²) >= 11 is 0. The van der Waals surface area contributed by atoms with Crippen molar-refractivity contribution in [3.63, 3.8) is 0 Å². The van der Waals surface area contributed by atoms with Gasteiger partial charge in [-0.2, -0.15) is 0 Å². The van der Waals surface area contributed by atoms with E-state index in [4.69, 9.17) is 9.97 Å². The highest BCUT2D eigenvalue weighted by Crippen LogP contribution is 2.33. The van der Waals surface area contributed by atoms with Crippen molar-refractivity contribution < 1.29 is 0 Å². The van der Waals surface area contributed by atoms with Gasteiger partial charge in [0.2, 0.25) is 0 Å². The number of hydrogen-bond acceptors (Lipinski definition) is 10. The summed E-state index contributed by atoms with van der Waals surface area (Å²) in [4.78, 5) is 10.0. The predicted molar refractivity (Wildman–Crippen MR) is 183 cm³/mol. The topological polar surface area (TPSA) is 149 Å². The fourth-order valence-electron chi connectivity index (χ4n) is 5.30. The Morgan fingerprint density at radius 3 is 0.854 bits per heavy atom. The first kappa shape index (κ1) is 32.8. The molecule has 0 spiro atoms. The number of pyridine rings is 2. The van der Waals surface area contributed by atoms with Crippen molar-refractivity contribution in [2.75, 3.05) is 0 Å². The lowest BCUT2D eigenvalue weighted by Gasteiger charge is -2.10. The van der Waals surface area contributed by atoms with E-state index in [2.05, 4.69) is 68.9 Å². The molecule has 0 amide bonds. The molecule has 14 nitrogen and oxygen atoms in total. The summed E-state index contributed by atoms with van der Waals surface area (Å²) in [5.41, 5.74) is 7.41. The molecule has 0 aliphatic carbocycles. The van der Waals surface area contributed by atoms with Gasteiger partial charge in [0.05, 0.1) is 47.6 Å². The molecule has 48 heavy (non-hydrogen) atoms. The second-order valence-electron chi connectivity index (χ2n) is 12.1. The molecule has 0 saturated carbocycles. The Labute approximate surface area is 280 Å². The second kappa shape index (κ2) is 15.6. The molecule has 0 atom stereocenters. The van der Waals surface area contributed by atoms with Crippen molar-refractivity contribution in [1.29, 1.82) is 0 Å². The number of unbranched alkanes of at least 4 members (excludes halogenated alkanes) is 4. The van der Waals surface area contributed by atoms with E-state index in [1.54, 1.807) is 0 Å². The molecule has 0 radical (unpaired) electrons. The van der Waals surface area contributed by atoms with Gasteiger partial charge in [0.15, 0.2) is 0 Å². The molecule has 0 aromatic carbocycles. The van der Waals surface area contributed by atoms with E-state index in [1.807, 2.05) is 67.8 Å². The average molecular weight is 649 g/mol. The van der Waals surface area contributed by atoms with Crippen LogP contribution < -0.4 is 0 Å². The molecular weight excluding hydrogens is 604 g/mol. The lowest BCUT2D eigenvalue weighted by molar-refractivity contribution is 0.553. The number of hydrogen-bond donors (Lipinski definition) is 0. The number of aromatic nitrogens is 14. The van der Waals surface area contributed by atoms with Crippen molar-refractivity contribution in [1.82, 2.24) is 69.9 Å². The van der Waals surface area contributed by atoms with E-state index in [-0.39, 0.29) is 0 Å². The first-order chi connectivity index (χ1) is 23.6. The lowest BCUT2D eigenvalue weighted by Crippen LogP contribution is -1.97. The van der Waals surface area contributed by atoms with Crippen LogP contribution in [0.15, 0.2) is 49.1 Å². The SMILES string of the molecule is CCCCn1cc(-c2cc(-c3cc(-c4cn(CCCC)nn4)nc(-c4cn(CCCC)nn4)c3)cc(-c3cn(CCCC)nn3)n2)nn1. The van der Waals surface area contributed by atoms with Crippen LogP contribution in [0.3, 0.4) is 0 Å². The molecule has 0 fully saturated rings. The number of aryl methyl sites for hydroxylation is 4. The zero-order valence-corrected chi connectivity index (χ0v) is 28.4. The highest BCUT2D eigenvalue weighted by atomic mass is 15.4. The molecule has 6 rings (SSSR count). The van der Waals surface area contributed by atoms with Gasteiger partial charge in [-0.1, -0.05) is 74.2 Å². The summed E-state index contributed by atoms with van der Waals surface area (Å²) in [6.07, 6.45) is 16.2. The minimum Gasteiger partial charge on any atom is -0.252 e. The summed E-state index contributed by atoms with van der Waals surface area (Å²) in [5.74, 6) is 0. The first-order valence-electron chi connectivity index (χ1n) is 17.2. The minimum absolute atomic E-state index is 0.694. The maximum Gasteiger partial charge on any atom is 0.131 e. The van der Waals surface area contributed by atoms with Gasteiger partial charge in [-0.25, -0.2) is 9.97 Å². The third kappa shape index (κ3) is 7.86. The van der Waals surface area contributed by atoms with Gasteiger partial charge < -0.3 is 0 Å². The molecule has 0 bridgehead atoms. The number of nitrogens with zero attached hydrogens (tertiary/aromatic N) is 14. The Balaban J connectivity index is 1.47. The Bertz CT molecular complexity index is 1640. The summed E-state index contributed by atoms with van der Waals surface area (Å²) in [6.45, 7) is 11.9. The Hall–Kier alpha value is -5.14. The molecule has 0 N–H and O–H groups in total. The zero-order valence-electron chi connectivity index (χ0n) is 28.4. The van der Waals surface area contributed by atoms with Crippen LogP contribution in [0.2, 0.25) is 0 Å². The standard InChI is InChI=1S/C34H44N14/c1-5-9-13-45-21-31(37-41-45)27-17-25(18-28(35-27)32-22-46(42-38-32)14-10-6-2)26-19-29(33-23-47(43-39-33)15-11-7-3)36-30(20-26)34-24-48(44-40-34)16-12-8-4/h17-24H,5-16H2,1-4H3. The smallest absolute Gasteiger partial charge is 0.131 e. The van der Waals surface area contributed by atoms with Crippen molar-refractivity contribution >= 4 is 0 Å². The van der Waals surface area contributed by atoms with E-state index in [1.165, 1.54) is 0 Å². The average Bonchev–Trinajstić information content (AvgIpc) is 3.95. The van der Waals surface area contributed by atoms with E-state index in [0.717, 1.165) is 88.7 Å². The van der Waals surface area contributed by atoms with E-state index < -0.39 is 0 Å². The van der Waals surface area contributed by atoms with Gasteiger partial charge in [-0.3, -0.25) is 18.7 Å². The molecule has 6 heterocycles. The van der Waals surface area contributed by atoms with Gasteiger partial charge >= 0.3 is 0 Å². The quantitative estimate of drug-likeness (QED) is 0.109. The highest BCUT2D eigenvalue weighted by molar-refractivity contribution is 5.79. The Morgan fingerprint density at radius 2 is 0.625 bits per heavy atom. The van der Waals surface area contributed by atoms with E-state index in [9.17, 15) is 0 Å². The van der Waals surface area contributed by atoms with Gasteiger partial charge in [-0.05, 0) is 61.1 Å². The second-order valence-corrected chi connectivity index (χ2v) is 12.1.